The molecule has 0 aliphatic heterocycles. The Hall–Kier alpha value is -3.93. The van der Waals surface area contributed by atoms with Gasteiger partial charge in [-0.2, -0.15) is 0 Å². The molecule has 170 valence electrons. The van der Waals surface area contributed by atoms with E-state index in [2.05, 4.69) is 0 Å². The first-order valence-electron chi connectivity index (χ1n) is 10.8. The fourth-order valence-electron chi connectivity index (χ4n) is 3.76. The number of unbranched alkanes of at least 4 members (excludes halogenated alkanes) is 1. The smallest absolute Gasteiger partial charge is 0.339 e. The minimum atomic E-state index is -1.30. The maximum atomic E-state index is 12.8. The summed E-state index contributed by atoms with van der Waals surface area (Å²) in [7, 11) is 0. The quantitative estimate of drug-likeness (QED) is 0.327. The van der Waals surface area contributed by atoms with Crippen LogP contribution in [0.1, 0.15) is 73.1 Å². The normalized spacial score (nSPS) is 10.6. The van der Waals surface area contributed by atoms with E-state index >= 15 is 0 Å². The molecule has 3 rings (SSSR count). The number of carboxylic acid groups (broad SMARTS) is 2. The van der Waals surface area contributed by atoms with Crippen LogP contribution in [0.5, 0.6) is 0 Å². The summed E-state index contributed by atoms with van der Waals surface area (Å²) in [6, 6.07) is 19.6. The Morgan fingerprint density at radius 2 is 1.30 bits per heavy atom. The number of carboxylic acids is 2. The zero-order valence-corrected chi connectivity index (χ0v) is 18.4. The zero-order chi connectivity index (χ0) is 23.8. The molecule has 33 heavy (non-hydrogen) atoms. The van der Waals surface area contributed by atoms with Gasteiger partial charge in [0.1, 0.15) is 0 Å². The number of ether oxygens (including phenoxy) is 1. The van der Waals surface area contributed by atoms with E-state index in [1.165, 1.54) is 0 Å². The number of benzene rings is 3. The van der Waals surface area contributed by atoms with Gasteiger partial charge in [0.25, 0.3) is 0 Å². The molecule has 0 saturated heterocycles. The summed E-state index contributed by atoms with van der Waals surface area (Å²) in [6.45, 7) is 2.08. The van der Waals surface area contributed by atoms with E-state index in [0.717, 1.165) is 23.6 Å². The zero-order valence-electron chi connectivity index (χ0n) is 18.4. The Morgan fingerprint density at radius 1 is 0.758 bits per heavy atom. The lowest BCUT2D eigenvalue weighted by molar-refractivity contribution is 0.0489. The second-order valence-electron chi connectivity index (χ2n) is 7.73. The van der Waals surface area contributed by atoms with Crippen molar-refractivity contribution >= 4 is 17.9 Å². The molecule has 0 unspecified atom stereocenters. The van der Waals surface area contributed by atoms with Crippen LogP contribution in [0, 0.1) is 0 Å². The average molecular weight is 446 g/mol. The van der Waals surface area contributed by atoms with Crippen LogP contribution in [0.2, 0.25) is 0 Å². The summed E-state index contributed by atoms with van der Waals surface area (Å²) in [5, 5.41) is 20.1. The first-order chi connectivity index (χ1) is 15.9. The Kier molecular flexibility index (Phi) is 7.97. The Bertz CT molecular complexity index is 1140. The van der Waals surface area contributed by atoms with Crippen molar-refractivity contribution in [3.63, 3.8) is 0 Å². The van der Waals surface area contributed by atoms with Crippen LogP contribution in [-0.4, -0.2) is 34.7 Å². The number of hydrogen-bond donors (Lipinski definition) is 2. The number of rotatable bonds is 10. The molecule has 0 aromatic heterocycles. The molecule has 0 aliphatic rings. The van der Waals surface area contributed by atoms with Crippen LogP contribution in [-0.2, 0) is 17.6 Å². The van der Waals surface area contributed by atoms with Crippen LogP contribution < -0.4 is 0 Å². The molecule has 2 N–H and O–H groups in total. The number of hydrogen-bond acceptors (Lipinski definition) is 4. The summed E-state index contributed by atoms with van der Waals surface area (Å²) in [4.78, 5) is 37.4. The molecule has 3 aromatic rings. The van der Waals surface area contributed by atoms with E-state index in [9.17, 15) is 24.6 Å². The fraction of sp³-hybridized carbons (Fsp3) is 0.222. The lowest BCUT2D eigenvalue weighted by atomic mass is 9.85. The fourth-order valence-corrected chi connectivity index (χ4v) is 3.76. The Balaban J connectivity index is 2.25. The van der Waals surface area contributed by atoms with Crippen LogP contribution in [0.15, 0.2) is 66.7 Å². The minimum Gasteiger partial charge on any atom is -0.478 e. The predicted molar refractivity (Wildman–Crippen MR) is 124 cm³/mol. The molecule has 0 spiro atoms. The van der Waals surface area contributed by atoms with Gasteiger partial charge in [-0.15, -0.1) is 0 Å². The second-order valence-corrected chi connectivity index (χ2v) is 7.73. The lowest BCUT2D eigenvalue weighted by Gasteiger charge is -2.19. The van der Waals surface area contributed by atoms with Gasteiger partial charge in [0.05, 0.1) is 23.3 Å². The van der Waals surface area contributed by atoms with Gasteiger partial charge < -0.3 is 14.9 Å². The van der Waals surface area contributed by atoms with Crippen LogP contribution >= 0.6 is 0 Å². The molecular formula is C27H26O6. The molecule has 0 saturated carbocycles. The van der Waals surface area contributed by atoms with Crippen molar-refractivity contribution in [3.8, 4) is 0 Å². The summed E-state index contributed by atoms with van der Waals surface area (Å²) in [5.74, 6) is -3.35. The van der Waals surface area contributed by atoms with Crippen molar-refractivity contribution in [1.29, 1.82) is 0 Å². The first-order valence-corrected chi connectivity index (χ1v) is 10.8. The highest BCUT2D eigenvalue weighted by molar-refractivity contribution is 6.06. The topological polar surface area (TPSA) is 101 Å². The molecule has 0 amide bonds. The van der Waals surface area contributed by atoms with E-state index < -0.39 is 17.9 Å². The van der Waals surface area contributed by atoms with Crippen LogP contribution in [0.4, 0.5) is 0 Å². The molecular weight excluding hydrogens is 420 g/mol. The summed E-state index contributed by atoms with van der Waals surface area (Å²) < 4.78 is 5.26. The van der Waals surface area contributed by atoms with Crippen molar-refractivity contribution in [1.82, 2.24) is 0 Å². The number of carbonyl (C=O) groups excluding carboxylic acids is 1. The molecule has 0 atom stereocenters. The first kappa shape index (κ1) is 23.7. The highest BCUT2D eigenvalue weighted by Crippen LogP contribution is 2.30. The third kappa shape index (κ3) is 5.86. The maximum absolute atomic E-state index is 12.8. The van der Waals surface area contributed by atoms with Gasteiger partial charge in [-0.25, -0.2) is 14.4 Å². The highest BCUT2D eigenvalue weighted by Gasteiger charge is 2.29. The molecule has 6 nitrogen and oxygen atoms in total. The summed E-state index contributed by atoms with van der Waals surface area (Å²) in [5.41, 5.74) is 1.78. The van der Waals surface area contributed by atoms with Gasteiger partial charge >= 0.3 is 17.9 Å². The van der Waals surface area contributed by atoms with Crippen molar-refractivity contribution in [2.75, 3.05) is 6.61 Å². The molecule has 0 fully saturated rings. The molecule has 0 heterocycles. The van der Waals surface area contributed by atoms with E-state index in [0.29, 0.717) is 17.5 Å². The van der Waals surface area contributed by atoms with Crippen molar-refractivity contribution in [3.05, 3.63) is 106 Å². The predicted octanol–water partition coefficient (Wildman–Crippen LogP) is 5.22. The molecule has 0 aliphatic carbocycles. The van der Waals surface area contributed by atoms with Crippen LogP contribution in [0.3, 0.4) is 0 Å². The third-order valence-electron chi connectivity index (χ3n) is 5.39. The maximum Gasteiger partial charge on any atom is 0.339 e. The summed E-state index contributed by atoms with van der Waals surface area (Å²) >= 11 is 0. The highest BCUT2D eigenvalue weighted by atomic mass is 16.5. The Labute approximate surface area is 192 Å². The second kappa shape index (κ2) is 11.1. The van der Waals surface area contributed by atoms with Crippen molar-refractivity contribution in [2.45, 2.75) is 32.6 Å². The van der Waals surface area contributed by atoms with Gasteiger partial charge in [0.15, 0.2) is 0 Å². The van der Waals surface area contributed by atoms with Gasteiger partial charge in [-0.3, -0.25) is 0 Å². The monoisotopic (exact) mass is 446 g/mol. The van der Waals surface area contributed by atoms with E-state index in [1.54, 1.807) is 0 Å². The van der Waals surface area contributed by atoms with Gasteiger partial charge in [0.2, 0.25) is 0 Å². The molecule has 0 bridgehead atoms. The van der Waals surface area contributed by atoms with Gasteiger partial charge in [-0.1, -0.05) is 74.0 Å². The molecule has 6 heteroatoms. The SMILES string of the molecule is CCCCOC(=O)c1cc(C(=O)O)c(Cc2ccccc2)c(Cc2ccccc2)c1C(=O)O. The van der Waals surface area contributed by atoms with E-state index in [-0.39, 0.29) is 36.1 Å². The minimum absolute atomic E-state index is 0.0998. The lowest BCUT2D eigenvalue weighted by Crippen LogP contribution is -2.20. The Morgan fingerprint density at radius 3 is 1.79 bits per heavy atom. The van der Waals surface area contributed by atoms with Gasteiger partial charge in [-0.05, 0) is 47.6 Å². The largest absolute Gasteiger partial charge is 0.478 e. The third-order valence-corrected chi connectivity index (χ3v) is 5.39. The number of aromatic carboxylic acids is 2. The van der Waals surface area contributed by atoms with E-state index in [4.69, 9.17) is 4.74 Å². The average Bonchev–Trinajstić information content (AvgIpc) is 2.80. The van der Waals surface area contributed by atoms with Crippen LogP contribution in [0.25, 0.3) is 0 Å². The molecule has 0 radical (unpaired) electrons. The van der Waals surface area contributed by atoms with Gasteiger partial charge in [0, 0.05) is 0 Å². The number of esters is 1. The standard InChI is InChI=1S/C27H26O6/c1-2-3-14-33-27(32)23-17-22(25(28)29)20(15-18-10-6-4-7-11-18)21(24(23)26(30)31)16-19-12-8-5-9-13-19/h4-13,17H,2-3,14-16H2,1H3,(H,28,29)(H,30,31). The van der Waals surface area contributed by atoms with Crippen molar-refractivity contribution in [2.24, 2.45) is 0 Å². The molecule has 3 aromatic carbocycles. The van der Waals surface area contributed by atoms with Crippen molar-refractivity contribution < 1.29 is 29.3 Å². The van der Waals surface area contributed by atoms with E-state index in [1.807, 2.05) is 67.6 Å². The summed E-state index contributed by atoms with van der Waals surface area (Å²) in [6.07, 6.45) is 1.81. The number of carbonyl (C=O) groups is 3.